The van der Waals surface area contributed by atoms with Gasteiger partial charge in [-0.3, -0.25) is 4.79 Å². The highest BCUT2D eigenvalue weighted by Gasteiger charge is 2.08. The van der Waals surface area contributed by atoms with Gasteiger partial charge in [0.15, 0.2) is 0 Å². The summed E-state index contributed by atoms with van der Waals surface area (Å²) in [6.45, 7) is 1.73. The summed E-state index contributed by atoms with van der Waals surface area (Å²) >= 11 is 0. The average Bonchev–Trinajstić information content (AvgIpc) is 2.29. The fourth-order valence-electron chi connectivity index (χ4n) is 1.68. The number of nitriles is 1. The second kappa shape index (κ2) is 4.03. The third-order valence-corrected chi connectivity index (χ3v) is 2.43. The maximum atomic E-state index is 11.4. The smallest absolute Gasteiger partial charge is 0.248 e. The fraction of sp³-hybridized carbons (Fsp3) is 0.0769. The predicted octanol–water partition coefficient (Wildman–Crippen LogP) is 2.22. The summed E-state index contributed by atoms with van der Waals surface area (Å²) in [5, 5.41) is 9.08. The van der Waals surface area contributed by atoms with Gasteiger partial charge < -0.3 is 4.98 Å². The van der Waals surface area contributed by atoms with Crippen LogP contribution in [0.5, 0.6) is 0 Å². The van der Waals surface area contributed by atoms with Gasteiger partial charge in [-0.25, -0.2) is 0 Å². The first-order valence-corrected chi connectivity index (χ1v) is 4.92. The molecule has 0 unspecified atom stereocenters. The zero-order valence-corrected chi connectivity index (χ0v) is 8.82. The summed E-state index contributed by atoms with van der Waals surface area (Å²) in [6, 6.07) is 13.0. The zero-order chi connectivity index (χ0) is 11.5. The van der Waals surface area contributed by atoms with Crippen molar-refractivity contribution in [3.63, 3.8) is 0 Å². The van der Waals surface area contributed by atoms with Crippen molar-refractivity contribution in [3.05, 3.63) is 58.0 Å². The Morgan fingerprint density at radius 3 is 2.56 bits per heavy atom. The molecule has 0 aliphatic heterocycles. The van der Waals surface area contributed by atoms with Gasteiger partial charge in [-0.2, -0.15) is 5.26 Å². The number of aromatic amines is 1. The number of H-pyrrole nitrogens is 1. The van der Waals surface area contributed by atoms with Crippen LogP contribution in [-0.2, 0) is 0 Å². The second-order valence-corrected chi connectivity index (χ2v) is 3.53. The molecule has 0 aliphatic rings. The molecule has 1 N–H and O–H groups in total. The Hall–Kier alpha value is -2.34. The molecule has 0 amide bonds. The Bertz CT molecular complexity index is 606. The Kier molecular flexibility index (Phi) is 2.57. The molecule has 0 atom stereocenters. The lowest BCUT2D eigenvalue weighted by molar-refractivity contribution is 1.13. The third-order valence-electron chi connectivity index (χ3n) is 2.43. The monoisotopic (exact) mass is 210 g/mol. The van der Waals surface area contributed by atoms with Gasteiger partial charge in [-0.15, -0.1) is 0 Å². The van der Waals surface area contributed by atoms with Gasteiger partial charge in [-0.05, 0) is 12.5 Å². The van der Waals surface area contributed by atoms with E-state index in [4.69, 9.17) is 5.26 Å². The average molecular weight is 210 g/mol. The van der Waals surface area contributed by atoms with E-state index in [1.165, 1.54) is 6.07 Å². The Labute approximate surface area is 93.0 Å². The lowest BCUT2D eigenvalue weighted by Crippen LogP contribution is -2.08. The number of aromatic nitrogens is 1. The molecular weight excluding hydrogens is 200 g/mol. The quantitative estimate of drug-likeness (QED) is 0.784. The molecule has 0 spiro atoms. The number of nitrogens with one attached hydrogen (secondary N) is 1. The molecule has 0 saturated carbocycles. The number of hydrogen-bond acceptors (Lipinski definition) is 2. The van der Waals surface area contributed by atoms with Crippen LogP contribution in [0.15, 0.2) is 41.2 Å². The number of aryl methyl sites for hydroxylation is 1. The molecule has 3 nitrogen and oxygen atoms in total. The van der Waals surface area contributed by atoms with E-state index in [9.17, 15) is 4.79 Å². The van der Waals surface area contributed by atoms with Crippen LogP contribution in [0.25, 0.3) is 11.1 Å². The zero-order valence-electron chi connectivity index (χ0n) is 8.82. The molecule has 3 heteroatoms. The SMILES string of the molecule is Cc1[nH]c(=O)cc(-c2ccccc2)c1C#N. The fourth-order valence-corrected chi connectivity index (χ4v) is 1.68. The van der Waals surface area contributed by atoms with Gasteiger partial charge in [0.2, 0.25) is 5.56 Å². The first-order chi connectivity index (χ1) is 7.72. The normalized spacial score (nSPS) is 9.75. The minimum absolute atomic E-state index is 0.185. The highest BCUT2D eigenvalue weighted by Crippen LogP contribution is 2.22. The number of pyridine rings is 1. The van der Waals surface area contributed by atoms with Crippen molar-refractivity contribution in [1.82, 2.24) is 4.98 Å². The summed E-state index contributed by atoms with van der Waals surface area (Å²) in [6.07, 6.45) is 0. The molecular formula is C13H10N2O. The van der Waals surface area contributed by atoms with Crippen molar-refractivity contribution in [2.75, 3.05) is 0 Å². The summed E-state index contributed by atoms with van der Waals surface area (Å²) in [4.78, 5) is 14.0. The lowest BCUT2D eigenvalue weighted by Gasteiger charge is -2.05. The van der Waals surface area contributed by atoms with Crippen LogP contribution in [0.3, 0.4) is 0 Å². The first-order valence-electron chi connectivity index (χ1n) is 4.92. The molecule has 0 bridgehead atoms. The van der Waals surface area contributed by atoms with Crippen molar-refractivity contribution in [3.8, 4) is 17.2 Å². The van der Waals surface area contributed by atoms with Crippen LogP contribution in [-0.4, -0.2) is 4.98 Å². The molecule has 2 rings (SSSR count). The topological polar surface area (TPSA) is 56.6 Å². The van der Waals surface area contributed by atoms with E-state index in [1.54, 1.807) is 6.92 Å². The maximum Gasteiger partial charge on any atom is 0.248 e. The molecule has 0 radical (unpaired) electrons. The molecule has 0 aliphatic carbocycles. The molecule has 78 valence electrons. The predicted molar refractivity (Wildman–Crippen MR) is 62.0 cm³/mol. The number of rotatable bonds is 1. The largest absolute Gasteiger partial charge is 0.325 e. The number of hydrogen-bond donors (Lipinski definition) is 1. The highest BCUT2D eigenvalue weighted by atomic mass is 16.1. The van der Waals surface area contributed by atoms with Crippen molar-refractivity contribution >= 4 is 0 Å². The van der Waals surface area contributed by atoms with E-state index in [0.29, 0.717) is 16.8 Å². The first kappa shape index (κ1) is 10.2. The molecule has 16 heavy (non-hydrogen) atoms. The van der Waals surface area contributed by atoms with Crippen molar-refractivity contribution < 1.29 is 0 Å². The van der Waals surface area contributed by atoms with Gasteiger partial charge in [0.1, 0.15) is 6.07 Å². The van der Waals surface area contributed by atoms with Crippen LogP contribution in [0.4, 0.5) is 0 Å². The van der Waals surface area contributed by atoms with E-state index in [-0.39, 0.29) is 5.56 Å². The van der Waals surface area contributed by atoms with Crippen molar-refractivity contribution in [2.45, 2.75) is 6.92 Å². The molecule has 0 saturated heterocycles. The van der Waals surface area contributed by atoms with E-state index in [1.807, 2.05) is 30.3 Å². The minimum atomic E-state index is -0.185. The second-order valence-electron chi connectivity index (χ2n) is 3.53. The number of benzene rings is 1. The Morgan fingerprint density at radius 2 is 1.94 bits per heavy atom. The summed E-state index contributed by atoms with van der Waals surface area (Å²) in [5.41, 5.74) is 2.51. The van der Waals surface area contributed by atoms with E-state index in [2.05, 4.69) is 11.1 Å². The van der Waals surface area contributed by atoms with Gasteiger partial charge in [-0.1, -0.05) is 30.3 Å². The van der Waals surface area contributed by atoms with Crippen LogP contribution >= 0.6 is 0 Å². The van der Waals surface area contributed by atoms with Crippen LogP contribution in [0.2, 0.25) is 0 Å². The van der Waals surface area contributed by atoms with Crippen molar-refractivity contribution in [1.29, 1.82) is 5.26 Å². The lowest BCUT2D eigenvalue weighted by atomic mass is 10.0. The van der Waals surface area contributed by atoms with Gasteiger partial charge in [0.25, 0.3) is 0 Å². The molecule has 1 aromatic carbocycles. The van der Waals surface area contributed by atoms with E-state index in [0.717, 1.165) is 5.56 Å². The molecule has 0 fully saturated rings. The maximum absolute atomic E-state index is 11.4. The van der Waals surface area contributed by atoms with Gasteiger partial charge >= 0.3 is 0 Å². The molecule has 1 aromatic heterocycles. The van der Waals surface area contributed by atoms with Crippen LogP contribution < -0.4 is 5.56 Å². The molecule has 2 aromatic rings. The third kappa shape index (κ3) is 1.73. The van der Waals surface area contributed by atoms with Gasteiger partial charge in [0.05, 0.1) is 5.56 Å². The summed E-state index contributed by atoms with van der Waals surface area (Å²) in [7, 11) is 0. The van der Waals surface area contributed by atoms with E-state index < -0.39 is 0 Å². The van der Waals surface area contributed by atoms with Crippen LogP contribution in [0, 0.1) is 18.3 Å². The van der Waals surface area contributed by atoms with Crippen LogP contribution in [0.1, 0.15) is 11.3 Å². The molecule has 1 heterocycles. The standard InChI is InChI=1S/C13H10N2O/c1-9-12(8-14)11(7-13(16)15-9)10-5-3-2-4-6-10/h2-7H,1H3,(H,15,16). The van der Waals surface area contributed by atoms with E-state index >= 15 is 0 Å². The number of nitrogens with zero attached hydrogens (tertiary/aromatic N) is 1. The summed E-state index contributed by atoms with van der Waals surface area (Å²) < 4.78 is 0. The van der Waals surface area contributed by atoms with Gasteiger partial charge in [0, 0.05) is 17.3 Å². The Morgan fingerprint density at radius 1 is 1.25 bits per heavy atom. The Balaban J connectivity index is 2.75. The summed E-state index contributed by atoms with van der Waals surface area (Å²) in [5.74, 6) is 0. The minimum Gasteiger partial charge on any atom is -0.325 e. The highest BCUT2D eigenvalue weighted by molar-refractivity contribution is 5.70. The van der Waals surface area contributed by atoms with Crippen molar-refractivity contribution in [2.24, 2.45) is 0 Å².